The fraction of sp³-hybridized carbons (Fsp3) is 0.556. The first-order valence-electron chi connectivity index (χ1n) is 7.83. The molecule has 4 nitrogen and oxygen atoms in total. The summed E-state index contributed by atoms with van der Waals surface area (Å²) in [5.41, 5.74) is 1.19. The first-order valence-corrected chi connectivity index (χ1v) is 7.83. The number of nitrogens with zero attached hydrogens (tertiary/aromatic N) is 1. The summed E-state index contributed by atoms with van der Waals surface area (Å²) in [4.78, 5) is 25.8. The van der Waals surface area contributed by atoms with E-state index in [1.54, 1.807) is 11.8 Å². The standard InChI is InChI=1S/C18H27NO3/c1-14(2)12-17(20)19(13-15(3)18(21)22-4)11-10-16-8-6-5-7-9-16/h5-9,14-15H,10-13H2,1-4H3. The number of benzene rings is 1. The molecule has 0 bridgehead atoms. The summed E-state index contributed by atoms with van der Waals surface area (Å²) in [6.07, 6.45) is 1.29. The van der Waals surface area contributed by atoms with Gasteiger partial charge in [-0.25, -0.2) is 0 Å². The molecule has 0 radical (unpaired) electrons. The molecule has 0 aliphatic carbocycles. The van der Waals surface area contributed by atoms with Crippen LogP contribution in [0.2, 0.25) is 0 Å². The van der Waals surface area contributed by atoms with E-state index < -0.39 is 0 Å². The second-order valence-corrected chi connectivity index (χ2v) is 6.10. The van der Waals surface area contributed by atoms with Crippen LogP contribution in [0, 0.1) is 11.8 Å². The second-order valence-electron chi connectivity index (χ2n) is 6.10. The lowest BCUT2D eigenvalue weighted by atomic mass is 10.1. The lowest BCUT2D eigenvalue weighted by Crippen LogP contribution is -2.39. The molecular formula is C18H27NO3. The largest absolute Gasteiger partial charge is 0.469 e. The average Bonchev–Trinajstić information content (AvgIpc) is 2.50. The molecule has 122 valence electrons. The van der Waals surface area contributed by atoms with Crippen LogP contribution in [0.3, 0.4) is 0 Å². The number of rotatable bonds is 8. The first-order chi connectivity index (χ1) is 10.4. The van der Waals surface area contributed by atoms with Gasteiger partial charge in [0.15, 0.2) is 0 Å². The highest BCUT2D eigenvalue weighted by molar-refractivity contribution is 5.78. The van der Waals surface area contributed by atoms with Gasteiger partial charge in [0, 0.05) is 19.5 Å². The van der Waals surface area contributed by atoms with E-state index in [9.17, 15) is 9.59 Å². The maximum atomic E-state index is 12.4. The number of esters is 1. The van der Waals surface area contributed by atoms with E-state index in [-0.39, 0.29) is 17.8 Å². The maximum absolute atomic E-state index is 12.4. The van der Waals surface area contributed by atoms with Gasteiger partial charge in [-0.15, -0.1) is 0 Å². The van der Waals surface area contributed by atoms with Crippen LogP contribution < -0.4 is 0 Å². The van der Waals surface area contributed by atoms with Gasteiger partial charge < -0.3 is 9.64 Å². The molecular weight excluding hydrogens is 278 g/mol. The van der Waals surface area contributed by atoms with Crippen molar-refractivity contribution in [2.45, 2.75) is 33.6 Å². The molecule has 0 fully saturated rings. The third-order valence-electron chi connectivity index (χ3n) is 3.55. The van der Waals surface area contributed by atoms with Crippen LogP contribution in [0.4, 0.5) is 0 Å². The minimum absolute atomic E-state index is 0.0988. The Morgan fingerprint density at radius 2 is 1.77 bits per heavy atom. The summed E-state index contributed by atoms with van der Waals surface area (Å²) < 4.78 is 4.76. The van der Waals surface area contributed by atoms with Gasteiger partial charge in [-0.05, 0) is 17.9 Å². The van der Waals surface area contributed by atoms with E-state index in [4.69, 9.17) is 4.74 Å². The highest BCUT2D eigenvalue weighted by Crippen LogP contribution is 2.10. The van der Waals surface area contributed by atoms with Gasteiger partial charge in [0.25, 0.3) is 0 Å². The Morgan fingerprint density at radius 3 is 2.32 bits per heavy atom. The number of carbonyl (C=O) groups is 2. The Labute approximate surface area is 133 Å². The molecule has 1 amide bonds. The first kappa shape index (κ1) is 18.2. The van der Waals surface area contributed by atoms with Crippen LogP contribution in [0.25, 0.3) is 0 Å². The molecule has 1 aromatic rings. The van der Waals surface area contributed by atoms with Crippen molar-refractivity contribution in [3.8, 4) is 0 Å². The normalized spacial score (nSPS) is 12.0. The number of amides is 1. The van der Waals surface area contributed by atoms with E-state index in [1.165, 1.54) is 12.7 Å². The molecule has 0 aliphatic heterocycles. The molecule has 0 saturated heterocycles. The second kappa shape index (κ2) is 9.23. The van der Waals surface area contributed by atoms with Crippen LogP contribution in [0.5, 0.6) is 0 Å². The zero-order valence-electron chi connectivity index (χ0n) is 14.0. The van der Waals surface area contributed by atoms with E-state index in [1.807, 2.05) is 32.0 Å². The number of hydrogen-bond acceptors (Lipinski definition) is 3. The topological polar surface area (TPSA) is 46.6 Å². The van der Waals surface area contributed by atoms with Gasteiger partial charge >= 0.3 is 5.97 Å². The van der Waals surface area contributed by atoms with Crippen molar-refractivity contribution in [1.82, 2.24) is 4.90 Å². The van der Waals surface area contributed by atoms with Gasteiger partial charge in [-0.2, -0.15) is 0 Å². The fourth-order valence-electron chi connectivity index (χ4n) is 2.31. The Hall–Kier alpha value is -1.84. The monoisotopic (exact) mass is 305 g/mol. The molecule has 0 N–H and O–H groups in total. The molecule has 0 saturated carbocycles. The van der Waals surface area contributed by atoms with Crippen LogP contribution in [-0.4, -0.2) is 37.0 Å². The van der Waals surface area contributed by atoms with Crippen LogP contribution >= 0.6 is 0 Å². The Bertz CT molecular complexity index is 470. The summed E-state index contributed by atoms with van der Waals surface area (Å²) in [6.45, 7) is 6.87. The van der Waals surface area contributed by atoms with E-state index in [0.29, 0.717) is 25.4 Å². The van der Waals surface area contributed by atoms with Crippen molar-refractivity contribution in [3.05, 3.63) is 35.9 Å². The van der Waals surface area contributed by atoms with Gasteiger partial charge in [0.1, 0.15) is 0 Å². The molecule has 4 heteroatoms. The van der Waals surface area contributed by atoms with E-state index in [0.717, 1.165) is 6.42 Å². The quantitative estimate of drug-likeness (QED) is 0.694. The minimum Gasteiger partial charge on any atom is -0.469 e. The number of carbonyl (C=O) groups excluding carboxylic acids is 2. The van der Waals surface area contributed by atoms with Gasteiger partial charge in [-0.1, -0.05) is 51.1 Å². The van der Waals surface area contributed by atoms with Crippen molar-refractivity contribution in [3.63, 3.8) is 0 Å². The Kier molecular flexibility index (Phi) is 7.64. The Morgan fingerprint density at radius 1 is 1.14 bits per heavy atom. The van der Waals surface area contributed by atoms with Crippen LogP contribution in [0.15, 0.2) is 30.3 Å². The lowest BCUT2D eigenvalue weighted by Gasteiger charge is -2.26. The van der Waals surface area contributed by atoms with Gasteiger partial charge in [0.05, 0.1) is 13.0 Å². The third kappa shape index (κ3) is 6.29. The molecule has 0 spiro atoms. The van der Waals surface area contributed by atoms with Gasteiger partial charge in [-0.3, -0.25) is 9.59 Å². The lowest BCUT2D eigenvalue weighted by molar-refractivity contribution is -0.146. The Balaban J connectivity index is 2.68. The summed E-state index contributed by atoms with van der Waals surface area (Å²) in [7, 11) is 1.38. The molecule has 1 unspecified atom stereocenters. The van der Waals surface area contributed by atoms with Crippen molar-refractivity contribution >= 4 is 11.9 Å². The summed E-state index contributed by atoms with van der Waals surface area (Å²) >= 11 is 0. The molecule has 22 heavy (non-hydrogen) atoms. The predicted molar refractivity (Wildman–Crippen MR) is 87.4 cm³/mol. The SMILES string of the molecule is COC(=O)C(C)CN(CCc1ccccc1)C(=O)CC(C)C. The maximum Gasteiger partial charge on any atom is 0.310 e. The smallest absolute Gasteiger partial charge is 0.310 e. The minimum atomic E-state index is -0.308. The number of hydrogen-bond donors (Lipinski definition) is 0. The van der Waals surface area contributed by atoms with Gasteiger partial charge in [0.2, 0.25) is 5.91 Å². The van der Waals surface area contributed by atoms with Crippen molar-refractivity contribution in [1.29, 1.82) is 0 Å². The summed E-state index contributed by atoms with van der Waals surface area (Å²) in [5.74, 6) is -0.180. The summed E-state index contributed by atoms with van der Waals surface area (Å²) in [6, 6.07) is 10.1. The number of methoxy groups -OCH3 is 1. The zero-order chi connectivity index (χ0) is 16.5. The molecule has 1 atom stereocenters. The summed E-state index contributed by atoms with van der Waals surface area (Å²) in [5, 5.41) is 0. The number of ether oxygens (including phenoxy) is 1. The fourth-order valence-corrected chi connectivity index (χ4v) is 2.31. The van der Waals surface area contributed by atoms with Crippen molar-refractivity contribution in [2.24, 2.45) is 11.8 Å². The van der Waals surface area contributed by atoms with E-state index in [2.05, 4.69) is 12.1 Å². The van der Waals surface area contributed by atoms with Crippen LogP contribution in [-0.2, 0) is 20.7 Å². The molecule has 0 heterocycles. The molecule has 1 aromatic carbocycles. The molecule has 1 rings (SSSR count). The predicted octanol–water partition coefficient (Wildman–Crippen LogP) is 2.91. The average molecular weight is 305 g/mol. The highest BCUT2D eigenvalue weighted by atomic mass is 16.5. The molecule has 0 aliphatic rings. The zero-order valence-corrected chi connectivity index (χ0v) is 14.0. The van der Waals surface area contributed by atoms with Crippen molar-refractivity contribution < 1.29 is 14.3 Å². The third-order valence-corrected chi connectivity index (χ3v) is 3.55. The van der Waals surface area contributed by atoms with Crippen molar-refractivity contribution in [2.75, 3.05) is 20.2 Å². The van der Waals surface area contributed by atoms with E-state index >= 15 is 0 Å². The highest BCUT2D eigenvalue weighted by Gasteiger charge is 2.21. The molecule has 0 aromatic heterocycles. The van der Waals surface area contributed by atoms with Crippen LogP contribution in [0.1, 0.15) is 32.8 Å².